The summed E-state index contributed by atoms with van der Waals surface area (Å²) in [4.78, 5) is 38.3. The number of benzene rings is 3. The summed E-state index contributed by atoms with van der Waals surface area (Å²) in [7, 11) is 0. The minimum atomic E-state index is -1.12. The van der Waals surface area contributed by atoms with E-state index in [1.54, 1.807) is 91.0 Å². The van der Waals surface area contributed by atoms with Crippen LogP contribution < -0.4 is 0 Å². The fraction of sp³-hybridized carbons (Fsp3) is 0.192. The summed E-state index contributed by atoms with van der Waals surface area (Å²) >= 11 is 3.35. The quantitative estimate of drug-likeness (QED) is 0.268. The fourth-order valence-corrected chi connectivity index (χ4v) is 3.97. The van der Waals surface area contributed by atoms with Gasteiger partial charge in [0.15, 0.2) is 23.3 Å². The Kier molecular flexibility index (Phi) is 7.72. The molecular formula is C26H21BrO7. The number of halogens is 1. The second-order valence-electron chi connectivity index (χ2n) is 7.47. The van der Waals surface area contributed by atoms with Crippen molar-refractivity contribution in [2.45, 2.75) is 23.3 Å². The smallest absolute Gasteiger partial charge is 0.338 e. The summed E-state index contributed by atoms with van der Waals surface area (Å²) in [6, 6.07) is 25.2. The average molecular weight is 525 g/mol. The van der Waals surface area contributed by atoms with E-state index < -0.39 is 41.2 Å². The fourth-order valence-electron chi connectivity index (χ4n) is 3.41. The molecule has 0 radical (unpaired) electrons. The molecule has 1 unspecified atom stereocenters. The molecule has 0 aliphatic carbocycles. The molecule has 7 nitrogen and oxygen atoms in total. The monoisotopic (exact) mass is 524 g/mol. The van der Waals surface area contributed by atoms with Gasteiger partial charge in [-0.25, -0.2) is 14.4 Å². The van der Waals surface area contributed by atoms with Gasteiger partial charge >= 0.3 is 17.9 Å². The second kappa shape index (κ2) is 11.1. The largest absolute Gasteiger partial charge is 0.452 e. The van der Waals surface area contributed by atoms with Crippen LogP contribution in [-0.4, -0.2) is 47.8 Å². The van der Waals surface area contributed by atoms with Crippen LogP contribution >= 0.6 is 15.9 Å². The second-order valence-corrected chi connectivity index (χ2v) is 8.37. The maximum absolute atomic E-state index is 12.9. The number of carbonyl (C=O) groups excluding carboxylic acids is 3. The zero-order valence-electron chi connectivity index (χ0n) is 17.9. The first-order chi connectivity index (χ1) is 16.5. The third-order valence-electron chi connectivity index (χ3n) is 5.14. The third kappa shape index (κ3) is 5.70. The molecule has 1 aliphatic rings. The zero-order chi connectivity index (χ0) is 23.9. The molecule has 1 heterocycles. The van der Waals surface area contributed by atoms with Crippen molar-refractivity contribution in [3.63, 3.8) is 0 Å². The Morgan fingerprint density at radius 3 is 1.44 bits per heavy atom. The first-order valence-electron chi connectivity index (χ1n) is 10.6. The Balaban J connectivity index is 1.59. The van der Waals surface area contributed by atoms with Gasteiger partial charge in [0.2, 0.25) is 0 Å². The molecule has 4 atom stereocenters. The van der Waals surface area contributed by atoms with E-state index in [0.717, 1.165) is 0 Å². The van der Waals surface area contributed by atoms with Crippen molar-refractivity contribution in [1.82, 2.24) is 0 Å². The third-order valence-corrected chi connectivity index (χ3v) is 5.93. The van der Waals surface area contributed by atoms with Gasteiger partial charge in [-0.1, -0.05) is 70.5 Å². The molecule has 1 aliphatic heterocycles. The maximum Gasteiger partial charge on any atom is 0.338 e. The standard InChI is InChI=1S/C26H21BrO7/c27-23-22(34-26(30)19-14-8-3-9-15-19)21(33-25(29)18-12-6-2-7-13-18)20(16-31-23)32-24(28)17-10-4-1-5-11-17/h1-15,20-23H,16H2/t20-,21+,22-,23?/m1/s1. The van der Waals surface area contributed by atoms with E-state index in [4.69, 9.17) is 18.9 Å². The summed E-state index contributed by atoms with van der Waals surface area (Å²) in [5.41, 5.74) is 0.953. The highest BCUT2D eigenvalue weighted by Crippen LogP contribution is 2.29. The minimum absolute atomic E-state index is 0.0688. The van der Waals surface area contributed by atoms with Crippen LogP contribution in [0.1, 0.15) is 31.1 Å². The lowest BCUT2D eigenvalue weighted by atomic mass is 10.0. The number of hydrogen-bond donors (Lipinski definition) is 0. The zero-order valence-corrected chi connectivity index (χ0v) is 19.5. The lowest BCUT2D eigenvalue weighted by Gasteiger charge is -2.38. The lowest BCUT2D eigenvalue weighted by Crippen LogP contribution is -2.56. The molecule has 0 amide bonds. The number of hydrogen-bond acceptors (Lipinski definition) is 7. The SMILES string of the molecule is O=C(O[C@H]1[C@H](OC(=O)c2ccccc2)COC(Br)[C@@H]1OC(=O)c1ccccc1)c1ccccc1. The van der Waals surface area contributed by atoms with Crippen molar-refractivity contribution in [2.24, 2.45) is 0 Å². The predicted molar refractivity (Wildman–Crippen MR) is 126 cm³/mol. The van der Waals surface area contributed by atoms with Crippen molar-refractivity contribution < 1.29 is 33.3 Å². The Morgan fingerprint density at radius 2 is 1.00 bits per heavy atom. The summed E-state index contributed by atoms with van der Waals surface area (Å²) in [5, 5.41) is -0.791. The Labute approximate surface area is 204 Å². The van der Waals surface area contributed by atoms with Gasteiger partial charge in [0.05, 0.1) is 23.3 Å². The molecule has 1 fully saturated rings. The van der Waals surface area contributed by atoms with E-state index in [-0.39, 0.29) is 6.61 Å². The lowest BCUT2D eigenvalue weighted by molar-refractivity contribution is -0.165. The number of rotatable bonds is 6. The van der Waals surface area contributed by atoms with Gasteiger partial charge in [-0.05, 0) is 36.4 Å². The number of alkyl halides is 1. The molecule has 0 spiro atoms. The normalized spacial score (nSPS) is 21.8. The summed E-state index contributed by atoms with van der Waals surface area (Å²) in [5.74, 6) is -1.89. The summed E-state index contributed by atoms with van der Waals surface area (Å²) < 4.78 is 22.7. The van der Waals surface area contributed by atoms with E-state index in [1.165, 1.54) is 0 Å². The van der Waals surface area contributed by atoms with Crippen LogP contribution in [0.5, 0.6) is 0 Å². The van der Waals surface area contributed by atoms with Gasteiger partial charge in [0.1, 0.15) is 0 Å². The molecule has 174 valence electrons. The first-order valence-corrected chi connectivity index (χ1v) is 11.5. The van der Waals surface area contributed by atoms with E-state index in [9.17, 15) is 14.4 Å². The number of esters is 3. The van der Waals surface area contributed by atoms with E-state index >= 15 is 0 Å². The van der Waals surface area contributed by atoms with Gasteiger partial charge in [0, 0.05) is 0 Å². The van der Waals surface area contributed by atoms with Crippen molar-refractivity contribution >= 4 is 33.8 Å². The number of ether oxygens (including phenoxy) is 4. The van der Waals surface area contributed by atoms with Crippen LogP contribution in [0.4, 0.5) is 0 Å². The topological polar surface area (TPSA) is 88.1 Å². The predicted octanol–water partition coefficient (Wildman–Crippen LogP) is 4.41. The molecule has 4 rings (SSSR count). The molecule has 0 aromatic heterocycles. The molecule has 1 saturated heterocycles. The van der Waals surface area contributed by atoms with Crippen LogP contribution in [0.25, 0.3) is 0 Å². The molecular weight excluding hydrogens is 504 g/mol. The Hall–Kier alpha value is -3.49. The van der Waals surface area contributed by atoms with Crippen LogP contribution in [0.3, 0.4) is 0 Å². The molecule has 34 heavy (non-hydrogen) atoms. The highest BCUT2D eigenvalue weighted by molar-refractivity contribution is 9.09. The van der Waals surface area contributed by atoms with Gasteiger partial charge in [0.25, 0.3) is 0 Å². The van der Waals surface area contributed by atoms with Crippen molar-refractivity contribution in [2.75, 3.05) is 6.61 Å². The summed E-state index contributed by atoms with van der Waals surface area (Å²) in [6.07, 6.45) is -3.21. The molecule has 3 aromatic rings. The molecule has 0 N–H and O–H groups in total. The highest BCUT2D eigenvalue weighted by Gasteiger charge is 2.47. The van der Waals surface area contributed by atoms with Crippen LogP contribution in [0.15, 0.2) is 91.0 Å². The molecule has 3 aromatic carbocycles. The van der Waals surface area contributed by atoms with E-state index in [0.29, 0.717) is 16.7 Å². The molecule has 0 bridgehead atoms. The van der Waals surface area contributed by atoms with Crippen molar-refractivity contribution in [3.8, 4) is 0 Å². The minimum Gasteiger partial charge on any atom is -0.452 e. The highest BCUT2D eigenvalue weighted by atomic mass is 79.9. The van der Waals surface area contributed by atoms with Crippen LogP contribution in [-0.2, 0) is 18.9 Å². The van der Waals surface area contributed by atoms with Gasteiger partial charge in [-0.3, -0.25) is 0 Å². The van der Waals surface area contributed by atoms with E-state index in [1.807, 2.05) is 0 Å². The average Bonchev–Trinajstić information content (AvgIpc) is 2.89. The first kappa shape index (κ1) is 23.7. The van der Waals surface area contributed by atoms with Crippen molar-refractivity contribution in [3.05, 3.63) is 108 Å². The van der Waals surface area contributed by atoms with E-state index in [2.05, 4.69) is 15.9 Å². The Morgan fingerprint density at radius 1 is 0.618 bits per heavy atom. The molecule has 0 saturated carbocycles. The van der Waals surface area contributed by atoms with Crippen LogP contribution in [0.2, 0.25) is 0 Å². The van der Waals surface area contributed by atoms with Gasteiger partial charge in [-0.15, -0.1) is 0 Å². The van der Waals surface area contributed by atoms with Gasteiger partial charge < -0.3 is 18.9 Å². The molecule has 8 heteroatoms. The number of carbonyl (C=O) groups is 3. The van der Waals surface area contributed by atoms with Crippen LogP contribution in [0, 0.1) is 0 Å². The Bertz CT molecular complexity index is 1120. The van der Waals surface area contributed by atoms with Gasteiger partial charge in [-0.2, -0.15) is 0 Å². The summed E-state index contributed by atoms with van der Waals surface area (Å²) in [6.45, 7) is -0.0688. The maximum atomic E-state index is 12.9. The van der Waals surface area contributed by atoms with Crippen molar-refractivity contribution in [1.29, 1.82) is 0 Å².